The molecule has 0 atom stereocenters. The Hall–Kier alpha value is -3.74. The maximum absolute atomic E-state index is 13.4. The van der Waals surface area contributed by atoms with E-state index in [4.69, 9.17) is 0 Å². The average Bonchev–Trinajstić information content (AvgIpc) is 3.16. The van der Waals surface area contributed by atoms with Crippen LogP contribution < -0.4 is 10.9 Å². The third kappa shape index (κ3) is 3.68. The molecule has 140 valence electrons. The van der Waals surface area contributed by atoms with Gasteiger partial charge in [0.1, 0.15) is 5.82 Å². The van der Waals surface area contributed by atoms with Crippen molar-refractivity contribution in [2.75, 3.05) is 6.54 Å². The normalized spacial score (nSPS) is 10.9. The van der Waals surface area contributed by atoms with E-state index in [0.29, 0.717) is 23.9 Å². The van der Waals surface area contributed by atoms with E-state index in [0.717, 1.165) is 11.3 Å². The predicted molar refractivity (Wildman–Crippen MR) is 104 cm³/mol. The molecule has 2 aromatic carbocycles. The third-order valence-corrected chi connectivity index (χ3v) is 4.41. The number of amides is 1. The number of carbonyl (C=O) groups excluding carboxylic acids is 1. The molecular formula is C21H17FN4O2. The second-order valence-electron chi connectivity index (χ2n) is 6.37. The first-order chi connectivity index (χ1) is 13.6. The quantitative estimate of drug-likeness (QED) is 0.562. The highest BCUT2D eigenvalue weighted by Crippen LogP contribution is 2.16. The van der Waals surface area contributed by atoms with Crippen LogP contribution in [-0.4, -0.2) is 27.2 Å². The van der Waals surface area contributed by atoms with Gasteiger partial charge >= 0.3 is 0 Å². The lowest BCUT2D eigenvalue weighted by molar-refractivity contribution is 0.0955. The topological polar surface area (TPSA) is 79.8 Å². The van der Waals surface area contributed by atoms with Gasteiger partial charge in [0, 0.05) is 24.2 Å². The van der Waals surface area contributed by atoms with Gasteiger partial charge < -0.3 is 10.3 Å². The van der Waals surface area contributed by atoms with Gasteiger partial charge in [-0.3, -0.25) is 9.59 Å². The molecule has 0 aliphatic carbocycles. The molecule has 2 aromatic heterocycles. The van der Waals surface area contributed by atoms with E-state index in [-0.39, 0.29) is 11.5 Å². The van der Waals surface area contributed by atoms with E-state index in [2.05, 4.69) is 15.4 Å². The number of aromatic amines is 1. The SMILES string of the molecule is O=C(NCCc1cnn(-c2ccccc2)c1)c1cc(=O)[nH]c2cc(F)ccc12. The fraction of sp³-hybridized carbons (Fsp3) is 0.0952. The molecule has 0 saturated carbocycles. The van der Waals surface area contributed by atoms with Gasteiger partial charge in [-0.25, -0.2) is 9.07 Å². The molecule has 0 bridgehead atoms. The molecule has 7 heteroatoms. The van der Waals surface area contributed by atoms with E-state index in [1.165, 1.54) is 24.3 Å². The number of para-hydroxylation sites is 1. The van der Waals surface area contributed by atoms with Crippen molar-refractivity contribution in [3.63, 3.8) is 0 Å². The lowest BCUT2D eigenvalue weighted by Gasteiger charge is -2.07. The van der Waals surface area contributed by atoms with Gasteiger partial charge in [0.2, 0.25) is 5.56 Å². The van der Waals surface area contributed by atoms with E-state index in [1.54, 1.807) is 10.9 Å². The molecule has 1 amide bonds. The van der Waals surface area contributed by atoms with E-state index in [1.807, 2.05) is 36.5 Å². The van der Waals surface area contributed by atoms with Crippen molar-refractivity contribution in [2.45, 2.75) is 6.42 Å². The van der Waals surface area contributed by atoms with Gasteiger partial charge in [0.15, 0.2) is 0 Å². The first-order valence-electron chi connectivity index (χ1n) is 8.80. The number of rotatable bonds is 5. The fourth-order valence-corrected chi connectivity index (χ4v) is 3.05. The fourth-order valence-electron chi connectivity index (χ4n) is 3.05. The molecule has 4 rings (SSSR count). The van der Waals surface area contributed by atoms with E-state index < -0.39 is 11.4 Å². The number of benzene rings is 2. The van der Waals surface area contributed by atoms with Gasteiger partial charge in [-0.05, 0) is 42.3 Å². The number of pyridine rings is 1. The predicted octanol–water partition coefficient (Wildman–Crippen LogP) is 2.83. The Kier molecular flexibility index (Phi) is 4.72. The molecule has 2 heterocycles. The van der Waals surface area contributed by atoms with Gasteiger partial charge in [0.05, 0.1) is 23.0 Å². The number of hydrogen-bond donors (Lipinski definition) is 2. The number of aromatic nitrogens is 3. The first kappa shape index (κ1) is 17.7. The van der Waals surface area contributed by atoms with Crippen molar-refractivity contribution in [2.24, 2.45) is 0 Å². The highest BCUT2D eigenvalue weighted by atomic mass is 19.1. The van der Waals surface area contributed by atoms with E-state index in [9.17, 15) is 14.0 Å². The molecule has 2 N–H and O–H groups in total. The summed E-state index contributed by atoms with van der Waals surface area (Å²) in [6, 6.07) is 14.9. The minimum absolute atomic E-state index is 0.221. The Labute approximate surface area is 159 Å². The molecular weight excluding hydrogens is 359 g/mol. The van der Waals surface area contributed by atoms with Crippen LogP contribution >= 0.6 is 0 Å². The van der Waals surface area contributed by atoms with E-state index >= 15 is 0 Å². The highest BCUT2D eigenvalue weighted by Gasteiger charge is 2.12. The van der Waals surface area contributed by atoms with Crippen LogP contribution in [0.2, 0.25) is 0 Å². The number of carbonyl (C=O) groups is 1. The summed E-state index contributed by atoms with van der Waals surface area (Å²) in [5, 5.41) is 7.63. The Morgan fingerprint density at radius 2 is 1.96 bits per heavy atom. The van der Waals surface area contributed by atoms with Crippen LogP contribution in [-0.2, 0) is 6.42 Å². The maximum atomic E-state index is 13.4. The molecule has 0 saturated heterocycles. The summed E-state index contributed by atoms with van der Waals surface area (Å²) in [6.45, 7) is 0.384. The summed E-state index contributed by atoms with van der Waals surface area (Å²) in [7, 11) is 0. The lowest BCUT2D eigenvalue weighted by atomic mass is 10.1. The second-order valence-corrected chi connectivity index (χ2v) is 6.37. The molecule has 0 fully saturated rings. The number of nitrogens with one attached hydrogen (secondary N) is 2. The number of nitrogens with zero attached hydrogens (tertiary/aromatic N) is 2. The van der Waals surface area contributed by atoms with Crippen molar-refractivity contribution in [3.05, 3.63) is 94.3 Å². The lowest BCUT2D eigenvalue weighted by Crippen LogP contribution is -2.27. The molecule has 6 nitrogen and oxygen atoms in total. The zero-order chi connectivity index (χ0) is 19.5. The Morgan fingerprint density at radius 1 is 1.14 bits per heavy atom. The molecule has 0 aliphatic heterocycles. The van der Waals surface area contributed by atoms with Gasteiger partial charge in [-0.1, -0.05) is 18.2 Å². The van der Waals surface area contributed by atoms with Crippen LogP contribution in [0.15, 0.2) is 71.8 Å². The Bertz CT molecular complexity index is 1200. The monoisotopic (exact) mass is 376 g/mol. The zero-order valence-electron chi connectivity index (χ0n) is 14.9. The van der Waals surface area contributed by atoms with Crippen LogP contribution in [0.5, 0.6) is 0 Å². The van der Waals surface area contributed by atoms with Crippen LogP contribution in [0.4, 0.5) is 4.39 Å². The van der Waals surface area contributed by atoms with Gasteiger partial charge in [-0.15, -0.1) is 0 Å². The minimum atomic E-state index is -0.476. The van der Waals surface area contributed by atoms with Crippen LogP contribution in [0.25, 0.3) is 16.6 Å². The molecule has 0 radical (unpaired) electrons. The molecule has 0 unspecified atom stereocenters. The summed E-state index contributed by atoms with van der Waals surface area (Å²) in [6.07, 6.45) is 4.26. The summed E-state index contributed by atoms with van der Waals surface area (Å²) in [4.78, 5) is 26.9. The number of halogens is 1. The number of H-pyrrole nitrogens is 1. The highest BCUT2D eigenvalue weighted by molar-refractivity contribution is 6.05. The maximum Gasteiger partial charge on any atom is 0.252 e. The van der Waals surface area contributed by atoms with Crippen LogP contribution in [0, 0.1) is 5.82 Å². The second kappa shape index (κ2) is 7.48. The minimum Gasteiger partial charge on any atom is -0.352 e. The Balaban J connectivity index is 1.45. The average molecular weight is 376 g/mol. The van der Waals surface area contributed by atoms with Gasteiger partial charge in [0.25, 0.3) is 5.91 Å². The molecule has 4 aromatic rings. The molecule has 0 aliphatic rings. The first-order valence-corrected chi connectivity index (χ1v) is 8.80. The van der Waals surface area contributed by atoms with Crippen molar-refractivity contribution in [1.29, 1.82) is 0 Å². The summed E-state index contributed by atoms with van der Waals surface area (Å²) < 4.78 is 15.2. The summed E-state index contributed by atoms with van der Waals surface area (Å²) in [5.74, 6) is -0.853. The number of fused-ring (bicyclic) bond motifs is 1. The molecule has 28 heavy (non-hydrogen) atoms. The summed E-state index contributed by atoms with van der Waals surface area (Å²) in [5.41, 5.74) is 2.00. The Morgan fingerprint density at radius 3 is 2.79 bits per heavy atom. The summed E-state index contributed by atoms with van der Waals surface area (Å²) >= 11 is 0. The van der Waals surface area contributed by atoms with Crippen molar-refractivity contribution in [3.8, 4) is 5.69 Å². The van der Waals surface area contributed by atoms with Crippen molar-refractivity contribution in [1.82, 2.24) is 20.1 Å². The standard InChI is InChI=1S/C21H17FN4O2/c22-15-6-7-17-18(11-20(27)25-19(17)10-15)21(28)23-9-8-14-12-24-26(13-14)16-4-2-1-3-5-16/h1-7,10-13H,8-9H2,(H,23,28)(H,25,27). The van der Waals surface area contributed by atoms with Gasteiger partial charge in [-0.2, -0.15) is 5.10 Å². The van der Waals surface area contributed by atoms with Crippen LogP contribution in [0.1, 0.15) is 15.9 Å². The van der Waals surface area contributed by atoms with Crippen LogP contribution in [0.3, 0.4) is 0 Å². The van der Waals surface area contributed by atoms with Crippen molar-refractivity contribution >= 4 is 16.8 Å². The smallest absolute Gasteiger partial charge is 0.252 e. The zero-order valence-corrected chi connectivity index (χ0v) is 14.9. The number of hydrogen-bond acceptors (Lipinski definition) is 3. The third-order valence-electron chi connectivity index (χ3n) is 4.41. The molecule has 0 spiro atoms. The largest absolute Gasteiger partial charge is 0.352 e. The van der Waals surface area contributed by atoms with Crippen molar-refractivity contribution < 1.29 is 9.18 Å².